The highest BCUT2D eigenvalue weighted by Crippen LogP contribution is 2.26. The van der Waals surface area contributed by atoms with Crippen LogP contribution in [-0.4, -0.2) is 16.5 Å². The highest BCUT2D eigenvalue weighted by molar-refractivity contribution is 5.71. The lowest BCUT2D eigenvalue weighted by Crippen LogP contribution is -2.06. The normalized spacial score (nSPS) is 10.6. The third kappa shape index (κ3) is 2.70. The van der Waals surface area contributed by atoms with Gasteiger partial charge in [0.25, 0.3) is 0 Å². The second kappa shape index (κ2) is 5.30. The molecular formula is C14H15F2N3. The van der Waals surface area contributed by atoms with Crippen LogP contribution in [0.25, 0.3) is 11.3 Å². The van der Waals surface area contributed by atoms with Crippen LogP contribution in [0.15, 0.2) is 18.2 Å². The van der Waals surface area contributed by atoms with E-state index in [1.165, 1.54) is 6.07 Å². The maximum atomic E-state index is 13.3. The van der Waals surface area contributed by atoms with Crippen LogP contribution >= 0.6 is 0 Å². The lowest BCUT2D eigenvalue weighted by atomic mass is 10.1. The monoisotopic (exact) mass is 263 g/mol. The molecule has 0 atom stereocenters. The van der Waals surface area contributed by atoms with Gasteiger partial charge >= 0.3 is 0 Å². The maximum absolute atomic E-state index is 13.3. The Bertz CT molecular complexity index is 612. The van der Waals surface area contributed by atoms with E-state index in [1.807, 2.05) is 20.8 Å². The Balaban J connectivity index is 2.59. The number of aryl methyl sites for hydroxylation is 2. The number of hydrogen-bond donors (Lipinski definition) is 1. The summed E-state index contributed by atoms with van der Waals surface area (Å²) < 4.78 is 26.3. The number of anilines is 1. The molecule has 0 aliphatic heterocycles. The Labute approximate surface area is 110 Å². The molecule has 1 heterocycles. The van der Waals surface area contributed by atoms with Crippen LogP contribution in [0.3, 0.4) is 0 Å². The molecule has 0 saturated carbocycles. The van der Waals surface area contributed by atoms with Crippen molar-refractivity contribution in [3.63, 3.8) is 0 Å². The number of rotatable bonds is 3. The fraction of sp³-hybridized carbons (Fsp3) is 0.286. The van der Waals surface area contributed by atoms with Gasteiger partial charge in [-0.2, -0.15) is 0 Å². The summed E-state index contributed by atoms with van der Waals surface area (Å²) in [7, 11) is 0. The number of halogens is 2. The number of hydrogen-bond acceptors (Lipinski definition) is 3. The number of nitrogens with zero attached hydrogens (tertiary/aromatic N) is 2. The van der Waals surface area contributed by atoms with Gasteiger partial charge in [0.2, 0.25) is 0 Å². The summed E-state index contributed by atoms with van der Waals surface area (Å²) in [5.41, 5.74) is 2.61. The van der Waals surface area contributed by atoms with Crippen LogP contribution < -0.4 is 5.32 Å². The van der Waals surface area contributed by atoms with Crippen LogP contribution in [0.2, 0.25) is 0 Å². The Morgan fingerprint density at radius 3 is 2.37 bits per heavy atom. The highest BCUT2D eigenvalue weighted by Gasteiger charge is 2.13. The molecule has 1 aromatic heterocycles. The molecule has 1 aromatic carbocycles. The van der Waals surface area contributed by atoms with Crippen molar-refractivity contribution >= 4 is 5.82 Å². The maximum Gasteiger partial charge on any atom is 0.159 e. The number of benzene rings is 1. The lowest BCUT2D eigenvalue weighted by Gasteiger charge is -2.12. The predicted molar refractivity (Wildman–Crippen MR) is 71.0 cm³/mol. The van der Waals surface area contributed by atoms with Crippen molar-refractivity contribution < 1.29 is 8.78 Å². The van der Waals surface area contributed by atoms with Gasteiger partial charge in [-0.05, 0) is 39.0 Å². The summed E-state index contributed by atoms with van der Waals surface area (Å²) in [6, 6.07) is 3.73. The Kier molecular flexibility index (Phi) is 3.74. The molecule has 0 radical (unpaired) electrons. The van der Waals surface area contributed by atoms with E-state index in [-0.39, 0.29) is 0 Å². The van der Waals surface area contributed by atoms with Crippen LogP contribution in [0.1, 0.15) is 18.3 Å². The minimum atomic E-state index is -0.889. The molecule has 2 aromatic rings. The average Bonchev–Trinajstić information content (AvgIpc) is 2.37. The Morgan fingerprint density at radius 1 is 1.05 bits per heavy atom. The zero-order valence-corrected chi connectivity index (χ0v) is 11.1. The molecule has 2 rings (SSSR count). The standard InChI is InChI=1S/C14H15F2N3/c1-4-17-14-13(18-8(2)9(3)19-14)10-5-6-11(15)12(16)7-10/h5-7H,4H2,1-3H3,(H,17,19). The second-order valence-corrected chi connectivity index (χ2v) is 4.25. The van der Waals surface area contributed by atoms with Gasteiger partial charge in [0.15, 0.2) is 17.5 Å². The van der Waals surface area contributed by atoms with Gasteiger partial charge in [0.1, 0.15) is 5.69 Å². The van der Waals surface area contributed by atoms with Gasteiger partial charge in [-0.1, -0.05) is 0 Å². The van der Waals surface area contributed by atoms with E-state index < -0.39 is 11.6 Å². The van der Waals surface area contributed by atoms with E-state index in [2.05, 4.69) is 15.3 Å². The lowest BCUT2D eigenvalue weighted by molar-refractivity contribution is 0.509. The summed E-state index contributed by atoms with van der Waals surface area (Å²) >= 11 is 0. The first-order valence-electron chi connectivity index (χ1n) is 6.07. The van der Waals surface area contributed by atoms with Crippen molar-refractivity contribution in [1.29, 1.82) is 0 Å². The summed E-state index contributed by atoms with van der Waals surface area (Å²) in [6.45, 7) is 6.30. The van der Waals surface area contributed by atoms with Gasteiger partial charge in [-0.25, -0.2) is 18.7 Å². The van der Waals surface area contributed by atoms with Crippen LogP contribution in [0, 0.1) is 25.5 Å². The summed E-state index contributed by atoms with van der Waals surface area (Å²) in [4.78, 5) is 8.82. The molecule has 0 spiro atoms. The molecule has 0 aliphatic carbocycles. The molecule has 19 heavy (non-hydrogen) atoms. The molecule has 3 nitrogen and oxygen atoms in total. The van der Waals surface area contributed by atoms with Crippen LogP contribution in [-0.2, 0) is 0 Å². The average molecular weight is 263 g/mol. The minimum Gasteiger partial charge on any atom is -0.369 e. The van der Waals surface area contributed by atoms with Gasteiger partial charge in [-0.15, -0.1) is 0 Å². The molecule has 100 valence electrons. The molecule has 0 fully saturated rings. The molecule has 0 saturated heterocycles. The second-order valence-electron chi connectivity index (χ2n) is 4.25. The molecule has 0 bridgehead atoms. The highest BCUT2D eigenvalue weighted by atomic mass is 19.2. The van der Waals surface area contributed by atoms with E-state index in [4.69, 9.17) is 0 Å². The molecule has 0 unspecified atom stereocenters. The zero-order valence-electron chi connectivity index (χ0n) is 11.1. The molecule has 1 N–H and O–H groups in total. The van der Waals surface area contributed by atoms with E-state index in [1.54, 1.807) is 0 Å². The first-order valence-corrected chi connectivity index (χ1v) is 6.07. The van der Waals surface area contributed by atoms with Crippen molar-refractivity contribution in [1.82, 2.24) is 9.97 Å². The van der Waals surface area contributed by atoms with E-state index >= 15 is 0 Å². The molecule has 5 heteroatoms. The first kappa shape index (κ1) is 13.4. The predicted octanol–water partition coefficient (Wildman–Crippen LogP) is 3.47. The Hall–Kier alpha value is -2.04. The number of aromatic nitrogens is 2. The molecular weight excluding hydrogens is 248 g/mol. The van der Waals surface area contributed by atoms with E-state index in [9.17, 15) is 8.78 Å². The van der Waals surface area contributed by atoms with Crippen molar-refractivity contribution in [2.75, 3.05) is 11.9 Å². The third-order valence-corrected chi connectivity index (χ3v) is 2.84. The Morgan fingerprint density at radius 2 is 1.74 bits per heavy atom. The smallest absolute Gasteiger partial charge is 0.159 e. The van der Waals surface area contributed by atoms with Gasteiger partial charge in [-0.3, -0.25) is 0 Å². The van der Waals surface area contributed by atoms with Crippen molar-refractivity contribution in [2.45, 2.75) is 20.8 Å². The van der Waals surface area contributed by atoms with Crippen LogP contribution in [0.4, 0.5) is 14.6 Å². The first-order chi connectivity index (χ1) is 9.02. The summed E-state index contributed by atoms with van der Waals surface area (Å²) in [5, 5.41) is 3.09. The zero-order chi connectivity index (χ0) is 14.0. The summed E-state index contributed by atoms with van der Waals surface area (Å²) in [6.07, 6.45) is 0. The third-order valence-electron chi connectivity index (χ3n) is 2.84. The number of nitrogens with one attached hydrogen (secondary N) is 1. The molecule has 0 aliphatic rings. The van der Waals surface area contributed by atoms with Gasteiger partial charge in [0, 0.05) is 12.1 Å². The minimum absolute atomic E-state index is 0.505. The quantitative estimate of drug-likeness (QED) is 0.921. The van der Waals surface area contributed by atoms with E-state index in [0.717, 1.165) is 23.5 Å². The van der Waals surface area contributed by atoms with Crippen LogP contribution in [0.5, 0.6) is 0 Å². The topological polar surface area (TPSA) is 37.8 Å². The van der Waals surface area contributed by atoms with E-state index in [0.29, 0.717) is 23.6 Å². The van der Waals surface area contributed by atoms with Gasteiger partial charge in [0.05, 0.1) is 11.4 Å². The molecule has 0 amide bonds. The summed E-state index contributed by atoms with van der Waals surface area (Å²) in [5.74, 6) is -1.18. The fourth-order valence-electron chi connectivity index (χ4n) is 1.74. The SMILES string of the molecule is CCNc1nc(C)c(C)nc1-c1ccc(F)c(F)c1. The van der Waals surface area contributed by atoms with Crippen molar-refractivity contribution in [2.24, 2.45) is 0 Å². The fourth-order valence-corrected chi connectivity index (χ4v) is 1.74. The van der Waals surface area contributed by atoms with Gasteiger partial charge < -0.3 is 5.32 Å². The van der Waals surface area contributed by atoms with Crippen molar-refractivity contribution in [3.05, 3.63) is 41.2 Å². The van der Waals surface area contributed by atoms with Crippen molar-refractivity contribution in [3.8, 4) is 11.3 Å². The largest absolute Gasteiger partial charge is 0.369 e.